The number of nitrogens with one attached hydrogen (secondary N) is 1. The maximum atomic E-state index is 12.3. The van der Waals surface area contributed by atoms with Crippen molar-refractivity contribution in [1.29, 1.82) is 0 Å². The van der Waals surface area contributed by atoms with Crippen molar-refractivity contribution in [3.05, 3.63) is 30.1 Å². The van der Waals surface area contributed by atoms with Crippen LogP contribution in [0, 0.1) is 0 Å². The van der Waals surface area contributed by atoms with Gasteiger partial charge in [0.1, 0.15) is 0 Å². The molecule has 7 nitrogen and oxygen atoms in total. The minimum atomic E-state index is -0.0807. The van der Waals surface area contributed by atoms with Gasteiger partial charge in [-0.25, -0.2) is 4.68 Å². The zero-order chi connectivity index (χ0) is 19.9. The molecule has 152 valence electrons. The molecule has 0 unspecified atom stereocenters. The fourth-order valence-electron chi connectivity index (χ4n) is 3.70. The van der Waals surface area contributed by atoms with Crippen molar-refractivity contribution < 1.29 is 4.79 Å². The monoisotopic (exact) mass is 402 g/mol. The molecule has 8 heteroatoms. The summed E-state index contributed by atoms with van der Waals surface area (Å²) in [6, 6.07) is 7.93. The number of nitrogen functional groups attached to an aromatic ring is 1. The number of nitrogens with zero attached hydrogens (tertiary/aromatic N) is 4. The lowest BCUT2D eigenvalue weighted by atomic mass is 9.89. The molecule has 3 N–H and O–H groups in total. The number of rotatable bonds is 8. The number of amides is 1. The summed E-state index contributed by atoms with van der Waals surface area (Å²) >= 11 is 1.32. The van der Waals surface area contributed by atoms with Gasteiger partial charge in [-0.05, 0) is 51.0 Å². The van der Waals surface area contributed by atoms with Crippen LogP contribution in [-0.4, -0.2) is 39.6 Å². The Kier molecular flexibility index (Phi) is 7.19. The van der Waals surface area contributed by atoms with Crippen molar-refractivity contribution >= 4 is 29.0 Å². The number of hydrogen-bond acceptors (Lipinski definition) is 6. The Bertz CT molecular complexity index is 766. The summed E-state index contributed by atoms with van der Waals surface area (Å²) in [5.41, 5.74) is 1.95. The van der Waals surface area contributed by atoms with Gasteiger partial charge in [-0.15, -0.1) is 10.2 Å². The first-order valence-corrected chi connectivity index (χ1v) is 11.1. The van der Waals surface area contributed by atoms with E-state index in [1.165, 1.54) is 31.0 Å². The van der Waals surface area contributed by atoms with E-state index in [4.69, 9.17) is 5.84 Å². The first-order chi connectivity index (χ1) is 13.6. The number of carbonyl (C=O) groups is 1. The molecular formula is C20H30N6OS. The molecule has 0 bridgehead atoms. The lowest BCUT2D eigenvalue weighted by Crippen LogP contribution is -2.21. The Labute approximate surface area is 171 Å². The van der Waals surface area contributed by atoms with Gasteiger partial charge in [-0.1, -0.05) is 31.0 Å². The Balaban J connectivity index is 1.52. The van der Waals surface area contributed by atoms with Crippen molar-refractivity contribution in [3.63, 3.8) is 0 Å². The molecular weight excluding hydrogens is 372 g/mol. The smallest absolute Gasteiger partial charge is 0.234 e. The number of aromatic nitrogens is 3. The third-order valence-corrected chi connectivity index (χ3v) is 6.22. The highest BCUT2D eigenvalue weighted by Crippen LogP contribution is 2.32. The molecule has 0 spiro atoms. The van der Waals surface area contributed by atoms with E-state index in [9.17, 15) is 4.79 Å². The number of carbonyl (C=O) groups excluding carboxylic acids is 1. The quantitative estimate of drug-likeness (QED) is 0.518. The summed E-state index contributed by atoms with van der Waals surface area (Å²) in [4.78, 5) is 14.6. The zero-order valence-corrected chi connectivity index (χ0v) is 17.5. The van der Waals surface area contributed by atoms with Crippen molar-refractivity contribution in [2.45, 2.75) is 57.0 Å². The molecule has 3 rings (SSSR count). The Morgan fingerprint density at radius 2 is 1.86 bits per heavy atom. The molecule has 1 fully saturated rings. The minimum Gasteiger partial charge on any atom is -0.372 e. The molecule has 0 atom stereocenters. The van der Waals surface area contributed by atoms with Crippen LogP contribution < -0.4 is 16.1 Å². The van der Waals surface area contributed by atoms with Crippen LogP contribution in [0.5, 0.6) is 0 Å². The normalized spacial score (nSPS) is 14.8. The summed E-state index contributed by atoms with van der Waals surface area (Å²) in [6.07, 6.45) is 5.95. The lowest BCUT2D eigenvalue weighted by Gasteiger charge is -2.21. The fraction of sp³-hybridized carbons (Fsp3) is 0.550. The van der Waals surface area contributed by atoms with E-state index in [1.807, 2.05) is 24.3 Å². The van der Waals surface area contributed by atoms with Gasteiger partial charge in [-0.2, -0.15) is 0 Å². The van der Waals surface area contributed by atoms with Crippen molar-refractivity contribution in [1.82, 2.24) is 14.9 Å². The summed E-state index contributed by atoms with van der Waals surface area (Å²) in [6.45, 7) is 6.18. The first kappa shape index (κ1) is 20.5. The molecule has 1 amide bonds. The molecule has 0 radical (unpaired) electrons. The average Bonchev–Trinajstić information content (AvgIpc) is 3.09. The van der Waals surface area contributed by atoms with Gasteiger partial charge in [-0.3, -0.25) is 4.79 Å². The van der Waals surface area contributed by atoms with Crippen LogP contribution in [0.4, 0.5) is 11.4 Å². The van der Waals surface area contributed by atoms with Crippen LogP contribution in [-0.2, 0) is 4.79 Å². The maximum Gasteiger partial charge on any atom is 0.234 e. The molecule has 28 heavy (non-hydrogen) atoms. The van der Waals surface area contributed by atoms with Crippen LogP contribution in [0.15, 0.2) is 29.4 Å². The second-order valence-corrected chi connectivity index (χ2v) is 8.04. The second-order valence-electron chi connectivity index (χ2n) is 7.10. The third kappa shape index (κ3) is 4.98. The highest BCUT2D eigenvalue weighted by atomic mass is 32.2. The standard InChI is InChI=1S/C20H30N6OS/c1-3-25(4-2)17-12-10-16(11-13-17)22-18(27)14-28-20-24-23-19(26(20)21)15-8-6-5-7-9-15/h10-13,15H,3-9,14,21H2,1-2H3,(H,22,27). The molecule has 1 aromatic carbocycles. The Morgan fingerprint density at radius 3 is 2.50 bits per heavy atom. The van der Waals surface area contributed by atoms with Gasteiger partial charge >= 0.3 is 0 Å². The molecule has 0 saturated heterocycles. The fourth-order valence-corrected chi connectivity index (χ4v) is 4.36. The van der Waals surface area contributed by atoms with Gasteiger partial charge in [0, 0.05) is 30.4 Å². The van der Waals surface area contributed by atoms with E-state index in [0.29, 0.717) is 11.1 Å². The summed E-state index contributed by atoms with van der Waals surface area (Å²) < 4.78 is 1.56. The number of benzene rings is 1. The van der Waals surface area contributed by atoms with E-state index >= 15 is 0 Å². The van der Waals surface area contributed by atoms with E-state index in [1.54, 1.807) is 4.68 Å². The van der Waals surface area contributed by atoms with Crippen LogP contribution in [0.3, 0.4) is 0 Å². The molecule has 1 aromatic heterocycles. The van der Waals surface area contributed by atoms with Crippen molar-refractivity contribution in [3.8, 4) is 0 Å². The van der Waals surface area contributed by atoms with Crippen LogP contribution in [0.1, 0.15) is 57.7 Å². The van der Waals surface area contributed by atoms with E-state index in [0.717, 1.165) is 43.1 Å². The average molecular weight is 403 g/mol. The lowest BCUT2D eigenvalue weighted by molar-refractivity contribution is -0.113. The molecule has 1 aliphatic rings. The van der Waals surface area contributed by atoms with Crippen LogP contribution in [0.25, 0.3) is 0 Å². The third-order valence-electron chi connectivity index (χ3n) is 5.27. The maximum absolute atomic E-state index is 12.3. The summed E-state index contributed by atoms with van der Waals surface area (Å²) in [5.74, 6) is 7.58. The Morgan fingerprint density at radius 1 is 1.18 bits per heavy atom. The number of thioether (sulfide) groups is 1. The van der Waals surface area contributed by atoms with E-state index < -0.39 is 0 Å². The predicted molar refractivity (Wildman–Crippen MR) is 115 cm³/mol. The van der Waals surface area contributed by atoms with Gasteiger partial charge in [0.2, 0.25) is 11.1 Å². The molecule has 2 aromatic rings. The molecule has 1 heterocycles. The summed E-state index contributed by atoms with van der Waals surface area (Å²) in [7, 11) is 0. The Hall–Kier alpha value is -2.22. The molecule has 0 aliphatic heterocycles. The number of nitrogens with two attached hydrogens (primary N) is 1. The second kappa shape index (κ2) is 9.82. The number of hydrogen-bond donors (Lipinski definition) is 2. The largest absolute Gasteiger partial charge is 0.372 e. The highest BCUT2D eigenvalue weighted by molar-refractivity contribution is 7.99. The van der Waals surface area contributed by atoms with Crippen LogP contribution in [0.2, 0.25) is 0 Å². The predicted octanol–water partition coefficient (Wildman–Crippen LogP) is 3.62. The van der Waals surface area contributed by atoms with E-state index in [-0.39, 0.29) is 11.7 Å². The van der Waals surface area contributed by atoms with Gasteiger partial charge < -0.3 is 16.1 Å². The van der Waals surface area contributed by atoms with Gasteiger partial charge in [0.15, 0.2) is 5.82 Å². The van der Waals surface area contributed by atoms with Crippen LogP contribution >= 0.6 is 11.8 Å². The molecule has 1 aliphatic carbocycles. The zero-order valence-electron chi connectivity index (χ0n) is 16.7. The molecule has 1 saturated carbocycles. The SMILES string of the molecule is CCN(CC)c1ccc(NC(=O)CSc2nnc(C3CCCCC3)n2N)cc1. The van der Waals surface area contributed by atoms with Gasteiger partial charge in [0.05, 0.1) is 5.75 Å². The summed E-state index contributed by atoms with van der Waals surface area (Å²) in [5, 5.41) is 12.0. The highest BCUT2D eigenvalue weighted by Gasteiger charge is 2.22. The number of anilines is 2. The van der Waals surface area contributed by atoms with Gasteiger partial charge in [0.25, 0.3) is 0 Å². The van der Waals surface area contributed by atoms with Crippen molar-refractivity contribution in [2.75, 3.05) is 34.9 Å². The topological polar surface area (TPSA) is 89.1 Å². The van der Waals surface area contributed by atoms with Crippen molar-refractivity contribution in [2.24, 2.45) is 0 Å². The first-order valence-electron chi connectivity index (χ1n) is 10.1. The minimum absolute atomic E-state index is 0.0807. The van der Waals surface area contributed by atoms with E-state index in [2.05, 4.69) is 34.3 Å².